The van der Waals surface area contributed by atoms with Crippen LogP contribution in [0.4, 0.5) is 34.1 Å². The van der Waals surface area contributed by atoms with Crippen molar-refractivity contribution in [3.05, 3.63) is 269 Å². The summed E-state index contributed by atoms with van der Waals surface area (Å²) in [6, 6.07) is 84.4. The molecule has 4 aliphatic heterocycles. The number of hydrogen-bond acceptors (Lipinski definition) is 2. The fraction of sp³-hybridized carbons (Fsp3) is 0.0357. The van der Waals surface area contributed by atoms with Gasteiger partial charge in [-0.05, 0) is 93.0 Å². The van der Waals surface area contributed by atoms with E-state index in [4.69, 9.17) is 0 Å². The molecule has 0 radical (unpaired) electrons. The number of para-hydroxylation sites is 6. The maximum absolute atomic E-state index is 2.47. The molecule has 0 aliphatic carbocycles. The second-order valence-electron chi connectivity index (χ2n) is 16.3. The van der Waals surface area contributed by atoms with Gasteiger partial charge in [0.05, 0.1) is 33.6 Å². The number of anilines is 6. The van der Waals surface area contributed by atoms with E-state index in [2.05, 4.69) is 234 Å². The molecule has 0 N–H and O–H groups in total. The van der Waals surface area contributed by atoms with Gasteiger partial charge in [0.15, 0.2) is 0 Å². The average molecular weight is 749 g/mol. The molecule has 0 bridgehead atoms. The molecule has 9 aromatic rings. The van der Waals surface area contributed by atoms with E-state index in [0.717, 1.165) is 11.4 Å². The zero-order chi connectivity index (χ0) is 38.7. The highest BCUT2D eigenvalue weighted by atomic mass is 15.2. The Bertz CT molecular complexity index is 2810. The van der Waals surface area contributed by atoms with E-state index >= 15 is 0 Å². The van der Waals surface area contributed by atoms with Crippen LogP contribution in [0.1, 0.15) is 44.5 Å². The van der Waals surface area contributed by atoms with Gasteiger partial charge in [0.25, 0.3) is 0 Å². The molecule has 9 aromatic carbocycles. The Morgan fingerprint density at radius 1 is 0.254 bits per heavy atom. The van der Waals surface area contributed by atoms with Gasteiger partial charge in [0.2, 0.25) is 6.71 Å². The van der Waals surface area contributed by atoms with Gasteiger partial charge in [-0.2, -0.15) is 0 Å². The molecule has 0 aromatic heterocycles. The summed E-state index contributed by atoms with van der Waals surface area (Å²) in [7, 11) is 0. The third-order valence-electron chi connectivity index (χ3n) is 13.8. The third kappa shape index (κ3) is 4.02. The Morgan fingerprint density at radius 2 is 0.542 bits per heavy atom. The zero-order valence-electron chi connectivity index (χ0n) is 32.3. The Balaban J connectivity index is 1.20. The van der Waals surface area contributed by atoms with Gasteiger partial charge >= 0.3 is 0 Å². The molecule has 13 rings (SSSR count). The lowest BCUT2D eigenvalue weighted by Crippen LogP contribution is -2.68. The van der Waals surface area contributed by atoms with Gasteiger partial charge in [0, 0.05) is 11.4 Å². The normalized spacial score (nSPS) is 15.3. The minimum Gasteiger partial charge on any atom is -0.310 e. The molecule has 2 nitrogen and oxygen atoms in total. The summed E-state index contributed by atoms with van der Waals surface area (Å²) in [6.07, 6.45) is 0. The van der Waals surface area contributed by atoms with Crippen molar-refractivity contribution in [1.29, 1.82) is 0 Å². The summed E-state index contributed by atoms with van der Waals surface area (Å²) in [6.45, 7) is 0.0443. The van der Waals surface area contributed by atoms with Crippen LogP contribution in [0.25, 0.3) is 0 Å². The van der Waals surface area contributed by atoms with Crippen LogP contribution in [-0.2, 0) is 10.8 Å². The predicted octanol–water partition coefficient (Wildman–Crippen LogP) is 11.2. The highest BCUT2D eigenvalue weighted by Gasteiger charge is 2.59. The van der Waals surface area contributed by atoms with Crippen LogP contribution in [0.15, 0.2) is 224 Å². The number of hydrogen-bond donors (Lipinski definition) is 0. The number of rotatable bonds is 2. The molecule has 59 heavy (non-hydrogen) atoms. The molecule has 0 saturated heterocycles. The number of nitrogens with zero attached hydrogens (tertiary/aromatic N) is 2. The monoisotopic (exact) mass is 748 g/mol. The van der Waals surface area contributed by atoms with Crippen LogP contribution in [-0.4, -0.2) is 6.71 Å². The van der Waals surface area contributed by atoms with Crippen LogP contribution in [0, 0.1) is 0 Å². The first-order chi connectivity index (χ1) is 29.3. The molecule has 0 atom stereocenters. The first kappa shape index (κ1) is 32.7. The Hall–Kier alpha value is -7.36. The summed E-state index contributed by atoms with van der Waals surface area (Å²) in [5.74, 6) is 0. The minimum atomic E-state index is -0.589. The van der Waals surface area contributed by atoms with Gasteiger partial charge in [-0.15, -0.1) is 0 Å². The van der Waals surface area contributed by atoms with Crippen LogP contribution in [0.3, 0.4) is 0 Å². The lowest BCUT2D eigenvalue weighted by molar-refractivity contribution is 0.710. The number of benzene rings is 9. The van der Waals surface area contributed by atoms with Gasteiger partial charge in [-0.25, -0.2) is 0 Å². The summed E-state index contributed by atoms with van der Waals surface area (Å²) >= 11 is 0. The summed E-state index contributed by atoms with van der Waals surface area (Å²) in [5.41, 5.74) is 20.8. The van der Waals surface area contributed by atoms with Crippen LogP contribution >= 0.6 is 0 Å². The Labute approximate surface area is 345 Å². The van der Waals surface area contributed by atoms with Crippen LogP contribution < -0.4 is 26.2 Å². The van der Waals surface area contributed by atoms with Crippen molar-refractivity contribution in [2.24, 2.45) is 0 Å². The molecule has 2 spiro atoms. The molecule has 0 fully saturated rings. The molecular formula is C56H37BN2. The van der Waals surface area contributed by atoms with Crippen molar-refractivity contribution in [3.63, 3.8) is 0 Å². The van der Waals surface area contributed by atoms with E-state index < -0.39 is 10.8 Å². The second kappa shape index (κ2) is 12.1. The van der Waals surface area contributed by atoms with E-state index in [1.165, 1.54) is 83.6 Å². The topological polar surface area (TPSA) is 6.48 Å². The largest absolute Gasteiger partial charge is 0.310 e. The van der Waals surface area contributed by atoms with E-state index in [0.29, 0.717) is 0 Å². The van der Waals surface area contributed by atoms with Crippen molar-refractivity contribution in [1.82, 2.24) is 0 Å². The predicted molar refractivity (Wildman–Crippen MR) is 244 cm³/mol. The van der Waals surface area contributed by atoms with Crippen molar-refractivity contribution in [3.8, 4) is 0 Å². The summed E-state index contributed by atoms with van der Waals surface area (Å²) < 4.78 is 0. The zero-order valence-corrected chi connectivity index (χ0v) is 32.3. The van der Waals surface area contributed by atoms with Crippen molar-refractivity contribution in [2.45, 2.75) is 10.8 Å². The van der Waals surface area contributed by atoms with E-state index in [1.54, 1.807) is 0 Å². The molecule has 3 heteroatoms. The summed E-state index contributed by atoms with van der Waals surface area (Å²) in [5, 5.41) is 0. The second-order valence-corrected chi connectivity index (χ2v) is 16.3. The molecule has 0 amide bonds. The molecule has 4 heterocycles. The maximum Gasteiger partial charge on any atom is 0.242 e. The fourth-order valence-corrected chi connectivity index (χ4v) is 11.8. The van der Waals surface area contributed by atoms with Gasteiger partial charge in [-0.1, -0.05) is 192 Å². The summed E-state index contributed by atoms with van der Waals surface area (Å²) in [4.78, 5) is 4.95. The van der Waals surface area contributed by atoms with Gasteiger partial charge in [0.1, 0.15) is 0 Å². The van der Waals surface area contributed by atoms with Crippen LogP contribution in [0.2, 0.25) is 0 Å². The minimum absolute atomic E-state index is 0.0443. The standard InChI is InChI=1S/C56H37BN2/c1-3-20-38(21-4-1)58-50-34-15-9-26-42(50)55(43-27-10-16-35-51(43)58)40-24-7-13-32-48(40)57-49-33-14-8-25-41(49)56(47-31-19-30-46(55)54(47)57)44-28-11-17-36-52(44)59(39-22-5-2-6-23-39)53-37-18-12-29-45(53)56/h1-37H. The smallest absolute Gasteiger partial charge is 0.242 e. The van der Waals surface area contributed by atoms with E-state index in [9.17, 15) is 0 Å². The molecule has 4 aliphatic rings. The SMILES string of the molecule is c1ccc(N2c3ccccc3C3(c4ccccc4B4c5ccccc5C5(c6ccccc6N(c6ccccc6)c6ccccc65)c5cccc3c54)c3ccccc32)cc1. The van der Waals surface area contributed by atoms with E-state index in [-0.39, 0.29) is 6.71 Å². The molecule has 0 unspecified atom stereocenters. The van der Waals surface area contributed by atoms with Gasteiger partial charge < -0.3 is 9.80 Å². The fourth-order valence-electron chi connectivity index (χ4n) is 11.8. The number of fused-ring (bicyclic) bond motifs is 16. The molecular weight excluding hydrogens is 711 g/mol. The average Bonchev–Trinajstić information content (AvgIpc) is 3.31. The Kier molecular flexibility index (Phi) is 6.70. The Morgan fingerprint density at radius 3 is 0.915 bits per heavy atom. The van der Waals surface area contributed by atoms with Gasteiger partial charge in [-0.3, -0.25) is 0 Å². The van der Waals surface area contributed by atoms with Crippen molar-refractivity contribution < 1.29 is 0 Å². The van der Waals surface area contributed by atoms with Crippen LogP contribution in [0.5, 0.6) is 0 Å². The third-order valence-corrected chi connectivity index (χ3v) is 13.8. The molecule has 274 valence electrons. The highest BCUT2D eigenvalue weighted by Crippen LogP contribution is 2.61. The van der Waals surface area contributed by atoms with E-state index in [1.807, 2.05) is 0 Å². The lowest BCUT2D eigenvalue weighted by Gasteiger charge is -2.55. The van der Waals surface area contributed by atoms with Crippen molar-refractivity contribution >= 4 is 57.2 Å². The van der Waals surface area contributed by atoms with Crippen molar-refractivity contribution in [2.75, 3.05) is 9.80 Å². The first-order valence-corrected chi connectivity index (χ1v) is 20.7. The highest BCUT2D eigenvalue weighted by molar-refractivity contribution is 6.97. The lowest BCUT2D eigenvalue weighted by atomic mass is 9.26. The molecule has 0 saturated carbocycles. The first-order valence-electron chi connectivity index (χ1n) is 20.7. The maximum atomic E-state index is 2.47. The quantitative estimate of drug-likeness (QED) is 0.163.